The van der Waals surface area contributed by atoms with E-state index in [9.17, 15) is 5.11 Å². The second-order valence-electron chi connectivity index (χ2n) is 4.93. The van der Waals surface area contributed by atoms with E-state index in [0.29, 0.717) is 24.3 Å². The summed E-state index contributed by atoms with van der Waals surface area (Å²) in [5, 5.41) is 12.9. The van der Waals surface area contributed by atoms with Gasteiger partial charge in [0, 0.05) is 24.3 Å². The normalized spacial score (nSPS) is 18.9. The number of rotatable bonds is 4. The molecule has 1 aromatic carbocycles. The zero-order valence-corrected chi connectivity index (χ0v) is 10.2. The third kappa shape index (κ3) is 3.37. The van der Waals surface area contributed by atoms with Gasteiger partial charge in [-0.2, -0.15) is 0 Å². The highest BCUT2D eigenvalue weighted by molar-refractivity contribution is 5.48. The highest BCUT2D eigenvalue weighted by Gasteiger charge is 2.22. The van der Waals surface area contributed by atoms with Crippen LogP contribution >= 0.6 is 0 Å². The van der Waals surface area contributed by atoms with Gasteiger partial charge < -0.3 is 16.2 Å². The summed E-state index contributed by atoms with van der Waals surface area (Å²) in [7, 11) is 0. The van der Waals surface area contributed by atoms with Crippen molar-refractivity contribution >= 4 is 5.69 Å². The van der Waals surface area contributed by atoms with Crippen LogP contribution in [0.4, 0.5) is 5.69 Å². The minimum absolute atomic E-state index is 0.300. The largest absolute Gasteiger partial charge is 0.508 e. The van der Waals surface area contributed by atoms with Crippen molar-refractivity contribution in [1.82, 2.24) is 0 Å². The number of phenolic OH excluding ortho intramolecular Hbond substituents is 1. The van der Waals surface area contributed by atoms with Gasteiger partial charge in [0.2, 0.25) is 0 Å². The van der Waals surface area contributed by atoms with Gasteiger partial charge in [-0.3, -0.25) is 0 Å². The van der Waals surface area contributed by atoms with E-state index in [1.54, 1.807) is 12.1 Å². The summed E-state index contributed by atoms with van der Waals surface area (Å²) in [6.07, 6.45) is 6.55. The van der Waals surface area contributed by atoms with Gasteiger partial charge >= 0.3 is 0 Å². The predicted molar refractivity (Wildman–Crippen MR) is 71.1 cm³/mol. The van der Waals surface area contributed by atoms with Crippen molar-refractivity contribution in [3.05, 3.63) is 24.3 Å². The van der Waals surface area contributed by atoms with Crippen molar-refractivity contribution in [3.63, 3.8) is 0 Å². The van der Waals surface area contributed by atoms with Crippen LogP contribution in [0, 0.1) is 5.92 Å². The first-order chi connectivity index (χ1) is 8.29. The molecule has 1 saturated carbocycles. The van der Waals surface area contributed by atoms with E-state index in [4.69, 9.17) is 5.73 Å². The molecule has 0 aromatic heterocycles. The zero-order chi connectivity index (χ0) is 12.1. The van der Waals surface area contributed by atoms with E-state index in [2.05, 4.69) is 5.32 Å². The lowest BCUT2D eigenvalue weighted by atomic mass is 9.84. The molecule has 0 amide bonds. The Morgan fingerprint density at radius 3 is 2.71 bits per heavy atom. The van der Waals surface area contributed by atoms with Crippen molar-refractivity contribution in [1.29, 1.82) is 0 Å². The van der Waals surface area contributed by atoms with Gasteiger partial charge in [-0.05, 0) is 30.9 Å². The summed E-state index contributed by atoms with van der Waals surface area (Å²) in [4.78, 5) is 0. The lowest BCUT2D eigenvalue weighted by Crippen LogP contribution is -2.37. The van der Waals surface area contributed by atoms with Crippen LogP contribution in [0.25, 0.3) is 0 Å². The van der Waals surface area contributed by atoms with Gasteiger partial charge in [0.25, 0.3) is 0 Å². The van der Waals surface area contributed by atoms with Crippen LogP contribution in [0.5, 0.6) is 5.75 Å². The fourth-order valence-electron chi connectivity index (χ4n) is 2.72. The first-order valence-electron chi connectivity index (χ1n) is 6.55. The maximum Gasteiger partial charge on any atom is 0.117 e. The monoisotopic (exact) mass is 234 g/mol. The number of nitrogens with two attached hydrogens (primary N) is 1. The molecule has 0 saturated heterocycles. The minimum Gasteiger partial charge on any atom is -0.508 e. The van der Waals surface area contributed by atoms with E-state index in [1.165, 1.54) is 32.1 Å². The zero-order valence-electron chi connectivity index (χ0n) is 10.2. The van der Waals surface area contributed by atoms with Gasteiger partial charge in [0.15, 0.2) is 0 Å². The Hall–Kier alpha value is -1.22. The summed E-state index contributed by atoms with van der Waals surface area (Å²) >= 11 is 0. The molecule has 3 heteroatoms. The molecule has 0 aliphatic heterocycles. The molecule has 3 nitrogen and oxygen atoms in total. The van der Waals surface area contributed by atoms with Crippen LogP contribution in [0.3, 0.4) is 0 Å². The smallest absolute Gasteiger partial charge is 0.117 e. The average Bonchev–Trinajstić information content (AvgIpc) is 2.37. The van der Waals surface area contributed by atoms with Crippen LogP contribution in [-0.2, 0) is 0 Å². The highest BCUT2D eigenvalue weighted by Crippen LogP contribution is 2.28. The minimum atomic E-state index is 0.300. The summed E-state index contributed by atoms with van der Waals surface area (Å²) < 4.78 is 0. The van der Waals surface area contributed by atoms with E-state index in [0.717, 1.165) is 5.69 Å². The molecule has 1 aliphatic rings. The molecule has 1 aliphatic carbocycles. The molecule has 17 heavy (non-hydrogen) atoms. The Morgan fingerprint density at radius 1 is 1.29 bits per heavy atom. The number of aromatic hydroxyl groups is 1. The molecule has 4 N–H and O–H groups in total. The van der Waals surface area contributed by atoms with Crippen molar-refractivity contribution in [2.24, 2.45) is 11.7 Å². The standard InChI is InChI=1S/C14H22N2O/c15-10-14(11-5-2-1-3-6-11)16-12-7-4-8-13(17)9-12/h4,7-9,11,14,16-17H,1-3,5-6,10,15H2. The number of phenols is 1. The molecule has 1 atom stereocenters. The van der Waals surface area contributed by atoms with E-state index < -0.39 is 0 Å². The molecule has 1 unspecified atom stereocenters. The SMILES string of the molecule is NCC(Nc1cccc(O)c1)C1CCCCC1. The van der Waals surface area contributed by atoms with E-state index in [-0.39, 0.29) is 0 Å². The summed E-state index contributed by atoms with van der Waals surface area (Å²) in [5.41, 5.74) is 6.83. The fraction of sp³-hybridized carbons (Fsp3) is 0.571. The average molecular weight is 234 g/mol. The molecular weight excluding hydrogens is 212 g/mol. The van der Waals surface area contributed by atoms with Gasteiger partial charge in [-0.25, -0.2) is 0 Å². The van der Waals surface area contributed by atoms with Gasteiger partial charge in [0.05, 0.1) is 0 Å². The third-order valence-electron chi connectivity index (χ3n) is 3.67. The topological polar surface area (TPSA) is 58.3 Å². The second-order valence-corrected chi connectivity index (χ2v) is 4.93. The number of hydrogen-bond donors (Lipinski definition) is 3. The van der Waals surface area contributed by atoms with Crippen molar-refractivity contribution < 1.29 is 5.11 Å². The molecule has 1 aromatic rings. The van der Waals surface area contributed by atoms with Crippen LogP contribution in [-0.4, -0.2) is 17.7 Å². The van der Waals surface area contributed by atoms with Crippen LogP contribution < -0.4 is 11.1 Å². The number of benzene rings is 1. The second kappa shape index (κ2) is 5.92. The molecule has 2 rings (SSSR count). The maximum atomic E-state index is 9.44. The summed E-state index contributed by atoms with van der Waals surface area (Å²) in [6.45, 7) is 0.653. The van der Waals surface area contributed by atoms with E-state index >= 15 is 0 Å². The van der Waals surface area contributed by atoms with Crippen molar-refractivity contribution in [2.45, 2.75) is 38.1 Å². The Labute approximate surface area is 103 Å². The quantitative estimate of drug-likeness (QED) is 0.750. The first kappa shape index (κ1) is 12.2. The molecule has 0 spiro atoms. The predicted octanol–water partition coefficient (Wildman–Crippen LogP) is 2.71. The third-order valence-corrected chi connectivity index (χ3v) is 3.67. The lowest BCUT2D eigenvalue weighted by Gasteiger charge is -2.30. The highest BCUT2D eigenvalue weighted by atomic mass is 16.3. The molecule has 0 heterocycles. The number of hydrogen-bond acceptors (Lipinski definition) is 3. The van der Waals surface area contributed by atoms with Crippen molar-refractivity contribution in [3.8, 4) is 5.75 Å². The van der Waals surface area contributed by atoms with Gasteiger partial charge in [-0.15, -0.1) is 0 Å². The molecule has 1 fully saturated rings. The first-order valence-corrected chi connectivity index (χ1v) is 6.55. The Kier molecular flexibility index (Phi) is 4.26. The van der Waals surface area contributed by atoms with Crippen LogP contribution in [0.1, 0.15) is 32.1 Å². The van der Waals surface area contributed by atoms with E-state index in [1.807, 2.05) is 12.1 Å². The fourth-order valence-corrected chi connectivity index (χ4v) is 2.72. The van der Waals surface area contributed by atoms with Crippen LogP contribution in [0.2, 0.25) is 0 Å². The van der Waals surface area contributed by atoms with Gasteiger partial charge in [0.1, 0.15) is 5.75 Å². The van der Waals surface area contributed by atoms with Crippen LogP contribution in [0.15, 0.2) is 24.3 Å². The summed E-state index contributed by atoms with van der Waals surface area (Å²) in [6, 6.07) is 7.60. The molecule has 0 bridgehead atoms. The number of anilines is 1. The Balaban J connectivity index is 1.98. The Morgan fingerprint density at radius 2 is 2.06 bits per heavy atom. The molecule has 0 radical (unpaired) electrons. The molecular formula is C14H22N2O. The maximum absolute atomic E-state index is 9.44. The lowest BCUT2D eigenvalue weighted by molar-refractivity contribution is 0.320. The molecule has 94 valence electrons. The Bertz CT molecular complexity index is 348. The van der Waals surface area contributed by atoms with Crippen molar-refractivity contribution in [2.75, 3.05) is 11.9 Å². The number of nitrogens with one attached hydrogen (secondary N) is 1. The van der Waals surface area contributed by atoms with Gasteiger partial charge in [-0.1, -0.05) is 25.3 Å². The summed E-state index contributed by atoms with van der Waals surface area (Å²) in [5.74, 6) is 0.977.